The highest BCUT2D eigenvalue weighted by molar-refractivity contribution is 5.28. The van der Waals surface area contributed by atoms with Crippen LogP contribution in [0.25, 0.3) is 0 Å². The molecule has 1 nitrogen and oxygen atoms in total. The zero-order chi connectivity index (χ0) is 11.8. The maximum atomic E-state index is 13.2. The fourth-order valence-electron chi connectivity index (χ4n) is 2.80. The van der Waals surface area contributed by atoms with Crippen molar-refractivity contribution in [3.05, 3.63) is 35.1 Å². The van der Waals surface area contributed by atoms with E-state index in [1.165, 1.54) is 12.5 Å². The molecule has 0 aromatic heterocycles. The summed E-state index contributed by atoms with van der Waals surface area (Å²) in [5, 5.41) is 0. The molecule has 1 saturated carbocycles. The fourth-order valence-corrected chi connectivity index (χ4v) is 2.80. The van der Waals surface area contributed by atoms with Gasteiger partial charge in [0.05, 0.1) is 0 Å². The third-order valence-electron chi connectivity index (χ3n) is 3.74. The van der Waals surface area contributed by atoms with Crippen LogP contribution in [0.5, 0.6) is 0 Å². The Bertz CT molecular complexity index is 388. The van der Waals surface area contributed by atoms with Crippen LogP contribution in [0, 0.1) is 18.7 Å². The summed E-state index contributed by atoms with van der Waals surface area (Å²) < 4.78 is 13.2. The van der Waals surface area contributed by atoms with Crippen molar-refractivity contribution in [3.63, 3.8) is 0 Å². The third-order valence-corrected chi connectivity index (χ3v) is 3.74. The lowest BCUT2D eigenvalue weighted by molar-refractivity contribution is 0.417. The highest BCUT2D eigenvalue weighted by atomic mass is 19.1. The Morgan fingerprint density at radius 1 is 1.50 bits per heavy atom. The van der Waals surface area contributed by atoms with E-state index >= 15 is 0 Å². The average molecular weight is 221 g/mol. The fraction of sp³-hybridized carbons (Fsp3) is 0.571. The molecular weight excluding hydrogens is 201 g/mol. The predicted molar refractivity (Wildman–Crippen MR) is 64.8 cm³/mol. The van der Waals surface area contributed by atoms with Gasteiger partial charge in [-0.2, -0.15) is 0 Å². The Morgan fingerprint density at radius 3 is 2.88 bits per heavy atom. The van der Waals surface area contributed by atoms with Gasteiger partial charge in [-0.05, 0) is 61.8 Å². The second-order valence-electron chi connectivity index (χ2n) is 5.46. The number of hydrogen-bond donors (Lipinski definition) is 1. The van der Waals surface area contributed by atoms with Crippen molar-refractivity contribution in [2.45, 2.75) is 45.1 Å². The maximum Gasteiger partial charge on any atom is 0.123 e. The van der Waals surface area contributed by atoms with Gasteiger partial charge in [0.2, 0.25) is 0 Å². The summed E-state index contributed by atoms with van der Waals surface area (Å²) >= 11 is 0. The van der Waals surface area contributed by atoms with Crippen LogP contribution in [0.1, 0.15) is 37.3 Å². The number of halogens is 1. The molecule has 0 amide bonds. The van der Waals surface area contributed by atoms with E-state index in [0.29, 0.717) is 5.92 Å². The lowest BCUT2D eigenvalue weighted by Crippen LogP contribution is -2.39. The second kappa shape index (κ2) is 4.17. The summed E-state index contributed by atoms with van der Waals surface area (Å²) in [6.07, 6.45) is 4.12. The van der Waals surface area contributed by atoms with E-state index in [1.54, 1.807) is 6.07 Å². The predicted octanol–water partition coefficient (Wildman–Crippen LogP) is 3.19. The van der Waals surface area contributed by atoms with Crippen molar-refractivity contribution >= 4 is 0 Å². The Balaban J connectivity index is 2.17. The van der Waals surface area contributed by atoms with Crippen molar-refractivity contribution in [1.82, 2.24) is 0 Å². The molecule has 0 aliphatic heterocycles. The normalized spacial score (nSPS) is 29.6. The molecule has 1 aromatic carbocycles. The smallest absolute Gasteiger partial charge is 0.123 e. The molecule has 2 unspecified atom stereocenters. The van der Waals surface area contributed by atoms with Gasteiger partial charge in [-0.15, -0.1) is 0 Å². The summed E-state index contributed by atoms with van der Waals surface area (Å²) in [7, 11) is 0. The molecule has 2 N–H and O–H groups in total. The van der Waals surface area contributed by atoms with E-state index < -0.39 is 0 Å². The second-order valence-corrected chi connectivity index (χ2v) is 5.46. The van der Waals surface area contributed by atoms with Gasteiger partial charge in [-0.3, -0.25) is 0 Å². The van der Waals surface area contributed by atoms with E-state index in [2.05, 4.69) is 6.92 Å². The van der Waals surface area contributed by atoms with E-state index in [9.17, 15) is 4.39 Å². The Morgan fingerprint density at radius 2 is 2.25 bits per heavy atom. The molecular formula is C14H20FN. The van der Waals surface area contributed by atoms with E-state index in [-0.39, 0.29) is 11.4 Å². The molecule has 2 heteroatoms. The molecule has 2 atom stereocenters. The van der Waals surface area contributed by atoms with Crippen molar-refractivity contribution in [3.8, 4) is 0 Å². The zero-order valence-electron chi connectivity index (χ0n) is 10.1. The maximum absolute atomic E-state index is 13.2. The van der Waals surface area contributed by atoms with Gasteiger partial charge in [0.25, 0.3) is 0 Å². The van der Waals surface area contributed by atoms with Crippen molar-refractivity contribution in [2.24, 2.45) is 11.7 Å². The van der Waals surface area contributed by atoms with E-state index in [1.807, 2.05) is 13.0 Å². The van der Waals surface area contributed by atoms with Crippen molar-refractivity contribution in [2.75, 3.05) is 0 Å². The largest absolute Gasteiger partial charge is 0.325 e. The van der Waals surface area contributed by atoms with Gasteiger partial charge in [0.1, 0.15) is 5.82 Å². The molecule has 2 rings (SSSR count). The summed E-state index contributed by atoms with van der Waals surface area (Å²) in [4.78, 5) is 0. The standard InChI is InChI=1S/C14H20FN/c1-10-5-6-14(16,8-10)9-12-7-13(15)4-3-11(12)2/h3-4,7,10H,5-6,8-9,16H2,1-2H3. The van der Waals surface area contributed by atoms with Crippen LogP contribution in [-0.2, 0) is 6.42 Å². The Kier molecular flexibility index (Phi) is 3.02. The van der Waals surface area contributed by atoms with Crippen LogP contribution in [0.15, 0.2) is 18.2 Å². The number of nitrogens with two attached hydrogens (primary N) is 1. The minimum Gasteiger partial charge on any atom is -0.325 e. The zero-order valence-corrected chi connectivity index (χ0v) is 10.1. The number of aryl methyl sites for hydroxylation is 1. The first kappa shape index (κ1) is 11.6. The monoisotopic (exact) mass is 221 g/mol. The van der Waals surface area contributed by atoms with Crippen LogP contribution in [-0.4, -0.2) is 5.54 Å². The first-order valence-corrected chi connectivity index (χ1v) is 6.02. The van der Waals surface area contributed by atoms with Crippen LogP contribution < -0.4 is 5.73 Å². The molecule has 0 radical (unpaired) electrons. The highest BCUT2D eigenvalue weighted by Gasteiger charge is 2.33. The number of hydrogen-bond acceptors (Lipinski definition) is 1. The van der Waals surface area contributed by atoms with Gasteiger partial charge in [0.15, 0.2) is 0 Å². The van der Waals surface area contributed by atoms with Crippen molar-refractivity contribution < 1.29 is 4.39 Å². The minimum absolute atomic E-state index is 0.113. The molecule has 0 heterocycles. The third kappa shape index (κ3) is 2.43. The molecule has 0 spiro atoms. The molecule has 0 saturated heterocycles. The molecule has 16 heavy (non-hydrogen) atoms. The molecule has 1 aromatic rings. The summed E-state index contributed by atoms with van der Waals surface area (Å²) in [6, 6.07) is 4.98. The van der Waals surface area contributed by atoms with Gasteiger partial charge in [-0.25, -0.2) is 4.39 Å². The summed E-state index contributed by atoms with van der Waals surface area (Å²) in [5.74, 6) is 0.550. The SMILES string of the molecule is Cc1ccc(F)cc1CC1(N)CCC(C)C1. The van der Waals surface area contributed by atoms with Gasteiger partial charge >= 0.3 is 0 Å². The molecule has 1 fully saturated rings. The first-order valence-electron chi connectivity index (χ1n) is 6.02. The number of rotatable bonds is 2. The van der Waals surface area contributed by atoms with Gasteiger partial charge < -0.3 is 5.73 Å². The lowest BCUT2D eigenvalue weighted by Gasteiger charge is -2.25. The lowest BCUT2D eigenvalue weighted by atomic mass is 9.88. The van der Waals surface area contributed by atoms with Gasteiger partial charge in [-0.1, -0.05) is 13.0 Å². The number of benzene rings is 1. The van der Waals surface area contributed by atoms with Crippen LogP contribution in [0.4, 0.5) is 4.39 Å². The molecule has 0 bridgehead atoms. The van der Waals surface area contributed by atoms with Crippen LogP contribution in [0.2, 0.25) is 0 Å². The summed E-state index contributed by atoms with van der Waals surface area (Å²) in [5.41, 5.74) is 8.48. The molecule has 1 aliphatic carbocycles. The van der Waals surface area contributed by atoms with Crippen molar-refractivity contribution in [1.29, 1.82) is 0 Å². The highest BCUT2D eigenvalue weighted by Crippen LogP contribution is 2.35. The van der Waals surface area contributed by atoms with Crippen LogP contribution in [0.3, 0.4) is 0 Å². The van der Waals surface area contributed by atoms with E-state index in [0.717, 1.165) is 30.4 Å². The first-order chi connectivity index (χ1) is 7.48. The molecule has 88 valence electrons. The summed E-state index contributed by atoms with van der Waals surface area (Å²) in [6.45, 7) is 4.27. The minimum atomic E-state index is -0.157. The van der Waals surface area contributed by atoms with E-state index in [4.69, 9.17) is 5.73 Å². The average Bonchev–Trinajstić information content (AvgIpc) is 2.52. The van der Waals surface area contributed by atoms with Gasteiger partial charge in [0, 0.05) is 5.54 Å². The quantitative estimate of drug-likeness (QED) is 0.815. The van der Waals surface area contributed by atoms with Crippen LogP contribution >= 0.6 is 0 Å². The Labute approximate surface area is 96.9 Å². The Hall–Kier alpha value is -0.890. The topological polar surface area (TPSA) is 26.0 Å². The molecule has 1 aliphatic rings.